The van der Waals surface area contributed by atoms with Gasteiger partial charge in [0, 0.05) is 6.42 Å². The molecule has 1 heterocycles. The van der Waals surface area contributed by atoms with Crippen LogP contribution < -0.4 is 5.32 Å². The Kier molecular flexibility index (Phi) is 4.46. The second-order valence-electron chi connectivity index (χ2n) is 4.66. The summed E-state index contributed by atoms with van der Waals surface area (Å²) in [5.74, 6) is -5.53. The molecule has 114 valence electrons. The van der Waals surface area contributed by atoms with E-state index in [1.165, 1.54) is 4.90 Å². The highest BCUT2D eigenvalue weighted by atomic mass is 19.2. The van der Waals surface area contributed by atoms with Crippen LogP contribution in [0.1, 0.15) is 6.42 Å². The lowest BCUT2D eigenvalue weighted by molar-refractivity contribution is -0.142. The van der Waals surface area contributed by atoms with Crippen molar-refractivity contribution in [3.8, 4) is 0 Å². The lowest BCUT2D eigenvalue weighted by Crippen LogP contribution is -2.40. The lowest BCUT2D eigenvalue weighted by atomic mass is 10.2. The van der Waals surface area contributed by atoms with Gasteiger partial charge in [0.25, 0.3) is 0 Å². The maximum atomic E-state index is 13.4. The summed E-state index contributed by atoms with van der Waals surface area (Å²) in [6.45, 7) is 0.0749. The van der Waals surface area contributed by atoms with E-state index >= 15 is 0 Å². The minimum Gasteiger partial charge on any atom is -0.464 e. The summed E-state index contributed by atoms with van der Waals surface area (Å²) >= 11 is 0. The number of halogens is 3. The number of rotatable bonds is 4. The van der Waals surface area contributed by atoms with Gasteiger partial charge in [-0.05, 0) is 19.2 Å². The molecular weight excluding hydrogens is 289 g/mol. The molecule has 1 amide bonds. The Hall–Kier alpha value is -2.09. The number of nitrogens with one attached hydrogen (secondary N) is 1. The summed E-state index contributed by atoms with van der Waals surface area (Å²) in [4.78, 5) is 24.5. The molecule has 8 heteroatoms. The minimum absolute atomic E-state index is 0.210. The number of carbonyl (C=O) groups excluding carboxylic acids is 2. The molecule has 0 saturated carbocycles. The maximum Gasteiger partial charge on any atom is 0.323 e. The fraction of sp³-hybridized carbons (Fsp3) is 0.385. The molecule has 1 fully saturated rings. The van der Waals surface area contributed by atoms with E-state index in [0.717, 1.165) is 6.07 Å². The average Bonchev–Trinajstić information content (AvgIpc) is 2.86. The van der Waals surface area contributed by atoms with Gasteiger partial charge in [-0.1, -0.05) is 0 Å². The predicted molar refractivity (Wildman–Crippen MR) is 66.9 cm³/mol. The topological polar surface area (TPSA) is 58.6 Å². The van der Waals surface area contributed by atoms with Crippen molar-refractivity contribution >= 4 is 17.6 Å². The first-order chi connectivity index (χ1) is 9.90. The lowest BCUT2D eigenvalue weighted by Gasteiger charge is -2.20. The van der Waals surface area contributed by atoms with Crippen LogP contribution in [0.25, 0.3) is 0 Å². The van der Waals surface area contributed by atoms with Crippen LogP contribution in [0.3, 0.4) is 0 Å². The van der Waals surface area contributed by atoms with E-state index in [2.05, 4.69) is 5.32 Å². The van der Waals surface area contributed by atoms with E-state index in [9.17, 15) is 22.8 Å². The summed E-state index contributed by atoms with van der Waals surface area (Å²) in [6, 6.07) is 1.10. The zero-order chi connectivity index (χ0) is 15.6. The Labute approximate surface area is 118 Å². The van der Waals surface area contributed by atoms with Crippen molar-refractivity contribution in [2.45, 2.75) is 12.5 Å². The van der Waals surface area contributed by atoms with Crippen molar-refractivity contribution in [2.75, 3.05) is 25.5 Å². The number of hydrogen-bond donors (Lipinski definition) is 1. The monoisotopic (exact) mass is 302 g/mol. The molecule has 1 atom stereocenters. The molecule has 0 radical (unpaired) electrons. The van der Waals surface area contributed by atoms with Crippen molar-refractivity contribution < 1.29 is 27.5 Å². The van der Waals surface area contributed by atoms with E-state index in [4.69, 9.17) is 4.74 Å². The van der Waals surface area contributed by atoms with Crippen LogP contribution >= 0.6 is 0 Å². The largest absolute Gasteiger partial charge is 0.464 e. The Morgan fingerprint density at radius 3 is 2.71 bits per heavy atom. The van der Waals surface area contributed by atoms with Gasteiger partial charge in [0.05, 0.1) is 18.8 Å². The minimum atomic E-state index is -1.65. The summed E-state index contributed by atoms with van der Waals surface area (Å²) in [6.07, 6.45) is 0.460. The fourth-order valence-corrected chi connectivity index (χ4v) is 2.03. The van der Waals surface area contributed by atoms with Gasteiger partial charge in [-0.25, -0.2) is 13.2 Å². The molecule has 1 saturated heterocycles. The molecule has 1 aromatic carbocycles. The number of carbonyl (C=O) groups is 2. The van der Waals surface area contributed by atoms with Crippen LogP contribution in [-0.4, -0.2) is 43.0 Å². The summed E-state index contributed by atoms with van der Waals surface area (Å²) in [5.41, 5.74) is -0.457. The molecule has 0 spiro atoms. The van der Waals surface area contributed by atoms with Crippen molar-refractivity contribution in [2.24, 2.45) is 0 Å². The van der Waals surface area contributed by atoms with Gasteiger partial charge in [0.15, 0.2) is 17.5 Å². The standard InChI is InChI=1S/C13H13F3N2O3/c1-18(9-4-5-21-13(9)20)6-10(19)17-8-3-2-7(14)11(15)12(8)16/h2-3,9H,4-6H2,1H3,(H,17,19). The number of benzene rings is 1. The molecule has 1 unspecified atom stereocenters. The molecule has 5 nitrogen and oxygen atoms in total. The predicted octanol–water partition coefficient (Wildman–Crippen LogP) is 1.29. The van der Waals surface area contributed by atoms with Crippen LogP contribution in [-0.2, 0) is 14.3 Å². The van der Waals surface area contributed by atoms with Gasteiger partial charge in [-0.3, -0.25) is 14.5 Å². The molecular formula is C13H13F3N2O3. The molecule has 2 rings (SSSR count). The van der Waals surface area contributed by atoms with Crippen LogP contribution in [0.2, 0.25) is 0 Å². The van der Waals surface area contributed by atoms with Crippen molar-refractivity contribution in [1.29, 1.82) is 0 Å². The summed E-state index contributed by atoms with van der Waals surface area (Å²) < 4.78 is 44.0. The molecule has 0 aromatic heterocycles. The number of anilines is 1. The first kappa shape index (κ1) is 15.3. The highest BCUT2D eigenvalue weighted by Crippen LogP contribution is 2.19. The third kappa shape index (κ3) is 3.33. The Morgan fingerprint density at radius 1 is 1.38 bits per heavy atom. The molecule has 21 heavy (non-hydrogen) atoms. The smallest absolute Gasteiger partial charge is 0.323 e. The quantitative estimate of drug-likeness (QED) is 0.672. The number of cyclic esters (lactones) is 1. The van der Waals surface area contributed by atoms with Crippen LogP contribution in [0.4, 0.5) is 18.9 Å². The van der Waals surface area contributed by atoms with Crippen LogP contribution in [0.5, 0.6) is 0 Å². The van der Waals surface area contributed by atoms with E-state index in [1.54, 1.807) is 7.05 Å². The van der Waals surface area contributed by atoms with E-state index in [1.807, 2.05) is 0 Å². The zero-order valence-corrected chi connectivity index (χ0v) is 11.2. The third-order valence-corrected chi connectivity index (χ3v) is 3.14. The van der Waals surface area contributed by atoms with Gasteiger partial charge in [0.2, 0.25) is 5.91 Å². The third-order valence-electron chi connectivity index (χ3n) is 3.14. The van der Waals surface area contributed by atoms with Crippen molar-refractivity contribution in [3.05, 3.63) is 29.6 Å². The van der Waals surface area contributed by atoms with E-state index < -0.39 is 41.1 Å². The Bertz CT molecular complexity index is 580. The van der Waals surface area contributed by atoms with Crippen LogP contribution in [0, 0.1) is 17.5 Å². The zero-order valence-electron chi connectivity index (χ0n) is 11.2. The molecule has 1 aliphatic rings. The van der Waals surface area contributed by atoms with Crippen LogP contribution in [0.15, 0.2) is 12.1 Å². The molecule has 0 aliphatic carbocycles. The second kappa shape index (κ2) is 6.13. The molecule has 1 aliphatic heterocycles. The summed E-state index contributed by atoms with van der Waals surface area (Å²) in [5, 5.41) is 2.13. The number of likely N-dealkylation sites (N-methyl/N-ethyl adjacent to an activating group) is 1. The van der Waals surface area contributed by atoms with E-state index in [0.29, 0.717) is 12.5 Å². The van der Waals surface area contributed by atoms with Crippen molar-refractivity contribution in [3.63, 3.8) is 0 Å². The fourth-order valence-electron chi connectivity index (χ4n) is 2.03. The van der Waals surface area contributed by atoms with Gasteiger partial charge >= 0.3 is 5.97 Å². The van der Waals surface area contributed by atoms with Gasteiger partial charge in [-0.15, -0.1) is 0 Å². The molecule has 0 bridgehead atoms. The SMILES string of the molecule is CN(CC(=O)Nc1ccc(F)c(F)c1F)C1CCOC1=O. The highest BCUT2D eigenvalue weighted by Gasteiger charge is 2.31. The number of nitrogens with zero attached hydrogens (tertiary/aromatic N) is 1. The van der Waals surface area contributed by atoms with Crippen molar-refractivity contribution in [1.82, 2.24) is 4.90 Å². The number of esters is 1. The molecule has 1 N–H and O–H groups in total. The number of hydrogen-bond acceptors (Lipinski definition) is 4. The second-order valence-corrected chi connectivity index (χ2v) is 4.66. The Morgan fingerprint density at radius 2 is 2.10 bits per heavy atom. The molecule has 1 aromatic rings. The normalized spacial score (nSPS) is 18.0. The highest BCUT2D eigenvalue weighted by molar-refractivity contribution is 5.92. The first-order valence-corrected chi connectivity index (χ1v) is 6.20. The van der Waals surface area contributed by atoms with E-state index in [-0.39, 0.29) is 13.2 Å². The van der Waals surface area contributed by atoms with Gasteiger partial charge < -0.3 is 10.1 Å². The van der Waals surface area contributed by atoms with Gasteiger partial charge in [0.1, 0.15) is 6.04 Å². The average molecular weight is 302 g/mol. The Balaban J connectivity index is 1.99. The van der Waals surface area contributed by atoms with Gasteiger partial charge in [-0.2, -0.15) is 0 Å². The summed E-state index contributed by atoms with van der Waals surface area (Å²) in [7, 11) is 1.54. The maximum absolute atomic E-state index is 13.4. The number of amides is 1. The first-order valence-electron chi connectivity index (χ1n) is 6.20. The number of ether oxygens (including phenoxy) is 1.